The highest BCUT2D eigenvalue weighted by Gasteiger charge is 2.23. The number of hydrogen-bond donors (Lipinski definition) is 2. The quantitative estimate of drug-likeness (QED) is 0.632. The van der Waals surface area contributed by atoms with Crippen LogP contribution in [-0.4, -0.2) is 39.9 Å². The summed E-state index contributed by atoms with van der Waals surface area (Å²) in [7, 11) is 0. The van der Waals surface area contributed by atoms with Crippen LogP contribution in [-0.2, 0) is 13.0 Å². The molecule has 1 aromatic rings. The molecule has 2 heterocycles. The Hall–Kier alpha value is -1.59. The molecule has 110 valence electrons. The van der Waals surface area contributed by atoms with Gasteiger partial charge >= 0.3 is 0 Å². The van der Waals surface area contributed by atoms with E-state index < -0.39 is 0 Å². The lowest BCUT2D eigenvalue weighted by Gasteiger charge is -2.23. The summed E-state index contributed by atoms with van der Waals surface area (Å²) in [6.07, 6.45) is 4.73. The number of aliphatic imine (C=N–C) groups is 1. The molecule has 2 aliphatic rings. The maximum atomic E-state index is 4.74. The molecular weight excluding hydrogens is 252 g/mol. The van der Waals surface area contributed by atoms with Gasteiger partial charge in [-0.1, -0.05) is 0 Å². The Morgan fingerprint density at radius 1 is 1.35 bits per heavy atom. The van der Waals surface area contributed by atoms with E-state index in [0.29, 0.717) is 12.0 Å². The van der Waals surface area contributed by atoms with E-state index in [-0.39, 0.29) is 0 Å². The minimum absolute atomic E-state index is 0.590. The molecule has 0 aromatic carbocycles. The van der Waals surface area contributed by atoms with Crippen molar-refractivity contribution in [3.8, 4) is 0 Å². The number of guanidine groups is 1. The van der Waals surface area contributed by atoms with Crippen molar-refractivity contribution in [2.24, 2.45) is 10.9 Å². The highest BCUT2D eigenvalue weighted by Crippen LogP contribution is 2.20. The maximum Gasteiger partial charge on any atom is 0.191 e. The van der Waals surface area contributed by atoms with Gasteiger partial charge in [0.15, 0.2) is 5.96 Å². The van der Waals surface area contributed by atoms with E-state index in [1.165, 1.54) is 12.8 Å². The minimum atomic E-state index is 0.590. The third-order valence-corrected chi connectivity index (χ3v) is 4.00. The molecule has 2 N–H and O–H groups in total. The second-order valence-corrected chi connectivity index (χ2v) is 5.82. The fourth-order valence-electron chi connectivity index (χ4n) is 2.64. The van der Waals surface area contributed by atoms with Crippen LogP contribution >= 0.6 is 0 Å². The van der Waals surface area contributed by atoms with E-state index in [1.54, 1.807) is 0 Å². The first-order valence-electron chi connectivity index (χ1n) is 7.69. The molecule has 1 aromatic heterocycles. The zero-order chi connectivity index (χ0) is 13.9. The molecule has 3 rings (SSSR count). The topological polar surface area (TPSA) is 67.1 Å². The fourth-order valence-corrected chi connectivity index (χ4v) is 2.64. The van der Waals surface area contributed by atoms with Crippen molar-refractivity contribution in [2.75, 3.05) is 13.1 Å². The molecule has 0 spiro atoms. The summed E-state index contributed by atoms with van der Waals surface area (Å²) in [4.78, 5) is 4.74. The monoisotopic (exact) mass is 276 g/mol. The lowest BCUT2D eigenvalue weighted by molar-refractivity contribution is 0.369. The van der Waals surface area contributed by atoms with Crippen molar-refractivity contribution in [1.29, 1.82) is 0 Å². The third-order valence-electron chi connectivity index (χ3n) is 4.00. The van der Waals surface area contributed by atoms with Gasteiger partial charge in [0, 0.05) is 32.1 Å². The van der Waals surface area contributed by atoms with Crippen molar-refractivity contribution < 1.29 is 0 Å². The summed E-state index contributed by atoms with van der Waals surface area (Å²) in [6.45, 7) is 6.93. The summed E-state index contributed by atoms with van der Waals surface area (Å²) >= 11 is 0. The molecule has 1 aliphatic heterocycles. The van der Waals surface area contributed by atoms with Crippen LogP contribution in [0.25, 0.3) is 0 Å². The molecule has 20 heavy (non-hydrogen) atoms. The van der Waals surface area contributed by atoms with Crippen LogP contribution in [0.3, 0.4) is 0 Å². The molecule has 1 unspecified atom stereocenters. The van der Waals surface area contributed by atoms with E-state index in [4.69, 9.17) is 4.99 Å². The van der Waals surface area contributed by atoms with Gasteiger partial charge in [-0.2, -0.15) is 0 Å². The van der Waals surface area contributed by atoms with Crippen LogP contribution in [0.5, 0.6) is 0 Å². The average molecular weight is 276 g/mol. The van der Waals surface area contributed by atoms with Gasteiger partial charge in [-0.3, -0.25) is 4.99 Å². The molecule has 6 heteroatoms. The van der Waals surface area contributed by atoms with Gasteiger partial charge in [-0.05, 0) is 39.0 Å². The number of nitrogens with zero attached hydrogens (tertiary/aromatic N) is 4. The predicted octanol–water partition coefficient (Wildman–Crippen LogP) is 0.866. The Morgan fingerprint density at radius 2 is 2.20 bits per heavy atom. The minimum Gasteiger partial charge on any atom is -0.357 e. The van der Waals surface area contributed by atoms with E-state index >= 15 is 0 Å². The Bertz CT molecular complexity index is 488. The van der Waals surface area contributed by atoms with Crippen molar-refractivity contribution in [2.45, 2.75) is 52.1 Å². The molecule has 0 bridgehead atoms. The molecular formula is C14H24N6. The van der Waals surface area contributed by atoms with Gasteiger partial charge in [-0.15, -0.1) is 10.2 Å². The maximum absolute atomic E-state index is 4.74. The van der Waals surface area contributed by atoms with Gasteiger partial charge < -0.3 is 15.2 Å². The van der Waals surface area contributed by atoms with Crippen LogP contribution < -0.4 is 10.6 Å². The summed E-state index contributed by atoms with van der Waals surface area (Å²) in [6, 6.07) is 0.644. The fraction of sp³-hybridized carbons (Fsp3) is 0.786. The first-order chi connectivity index (χ1) is 9.76. The van der Waals surface area contributed by atoms with Crippen LogP contribution in [0.2, 0.25) is 0 Å². The summed E-state index contributed by atoms with van der Waals surface area (Å²) in [5.41, 5.74) is 0. The van der Waals surface area contributed by atoms with E-state index in [9.17, 15) is 0 Å². The Labute approximate surface area is 120 Å². The van der Waals surface area contributed by atoms with Gasteiger partial charge in [0.25, 0.3) is 0 Å². The predicted molar refractivity (Wildman–Crippen MR) is 78.7 cm³/mol. The highest BCUT2D eigenvalue weighted by atomic mass is 15.3. The number of aromatic nitrogens is 3. The van der Waals surface area contributed by atoms with Gasteiger partial charge in [0.05, 0.1) is 0 Å². The normalized spacial score (nSPS) is 22.5. The molecule has 1 fully saturated rings. The SMILES string of the molecule is CCNC(=NCC1CCc2nnc(C)n2C1)NC1CC1. The summed E-state index contributed by atoms with van der Waals surface area (Å²) < 4.78 is 2.24. The molecule has 1 atom stereocenters. The lowest BCUT2D eigenvalue weighted by Crippen LogP contribution is -2.39. The van der Waals surface area contributed by atoms with E-state index in [2.05, 4.69) is 32.3 Å². The number of hydrogen-bond acceptors (Lipinski definition) is 3. The number of rotatable bonds is 4. The zero-order valence-electron chi connectivity index (χ0n) is 12.4. The number of fused-ring (bicyclic) bond motifs is 1. The Kier molecular flexibility index (Phi) is 3.89. The van der Waals surface area contributed by atoms with Crippen molar-refractivity contribution in [3.05, 3.63) is 11.6 Å². The van der Waals surface area contributed by atoms with Crippen LogP contribution in [0.15, 0.2) is 4.99 Å². The number of aryl methyl sites for hydroxylation is 2. The van der Waals surface area contributed by atoms with Gasteiger partial charge in [-0.25, -0.2) is 0 Å². The molecule has 0 radical (unpaired) electrons. The first kappa shape index (κ1) is 13.4. The van der Waals surface area contributed by atoms with Crippen molar-refractivity contribution >= 4 is 5.96 Å². The third kappa shape index (κ3) is 3.11. The first-order valence-corrected chi connectivity index (χ1v) is 7.69. The molecule has 1 saturated carbocycles. The van der Waals surface area contributed by atoms with Gasteiger partial charge in [0.2, 0.25) is 0 Å². The Morgan fingerprint density at radius 3 is 2.95 bits per heavy atom. The van der Waals surface area contributed by atoms with Gasteiger partial charge in [0.1, 0.15) is 11.6 Å². The summed E-state index contributed by atoms with van der Waals surface area (Å²) in [5.74, 6) is 3.72. The van der Waals surface area contributed by atoms with Crippen LogP contribution in [0.1, 0.15) is 37.8 Å². The highest BCUT2D eigenvalue weighted by molar-refractivity contribution is 5.80. The van der Waals surface area contributed by atoms with Crippen molar-refractivity contribution in [1.82, 2.24) is 25.4 Å². The Balaban J connectivity index is 1.58. The van der Waals surface area contributed by atoms with Crippen LogP contribution in [0.4, 0.5) is 0 Å². The number of nitrogens with one attached hydrogen (secondary N) is 2. The van der Waals surface area contributed by atoms with E-state index in [0.717, 1.165) is 50.1 Å². The standard InChI is InChI=1S/C14H24N6/c1-3-15-14(17-12-5-6-12)16-8-11-4-7-13-19-18-10(2)20(13)9-11/h11-12H,3-9H2,1-2H3,(H2,15,16,17). The zero-order valence-corrected chi connectivity index (χ0v) is 12.4. The molecule has 6 nitrogen and oxygen atoms in total. The lowest BCUT2D eigenvalue weighted by atomic mass is 9.99. The summed E-state index contributed by atoms with van der Waals surface area (Å²) in [5, 5.41) is 15.2. The smallest absolute Gasteiger partial charge is 0.191 e. The molecule has 0 amide bonds. The average Bonchev–Trinajstić information content (AvgIpc) is 3.20. The molecule has 1 aliphatic carbocycles. The molecule has 0 saturated heterocycles. The second kappa shape index (κ2) is 5.81. The van der Waals surface area contributed by atoms with E-state index in [1.807, 2.05) is 6.92 Å². The van der Waals surface area contributed by atoms with Crippen LogP contribution in [0, 0.1) is 12.8 Å². The van der Waals surface area contributed by atoms with Crippen molar-refractivity contribution in [3.63, 3.8) is 0 Å². The largest absolute Gasteiger partial charge is 0.357 e. The second-order valence-electron chi connectivity index (χ2n) is 5.82.